The molecule has 0 N–H and O–H groups in total. The highest BCUT2D eigenvalue weighted by atomic mass is 32.1. The fourth-order valence-corrected chi connectivity index (χ4v) is 4.45. The van der Waals surface area contributed by atoms with Crippen LogP contribution in [0.3, 0.4) is 0 Å². The zero-order valence-electron chi connectivity index (χ0n) is 13.7. The predicted octanol–water partition coefficient (Wildman–Crippen LogP) is 4.02. The molecule has 0 radical (unpaired) electrons. The summed E-state index contributed by atoms with van der Waals surface area (Å²) in [6.45, 7) is 2.03. The molecule has 124 valence electrons. The van der Waals surface area contributed by atoms with Gasteiger partial charge in [-0.25, -0.2) is 15.0 Å². The van der Waals surface area contributed by atoms with Crippen molar-refractivity contribution in [3.05, 3.63) is 54.6 Å². The highest BCUT2D eigenvalue weighted by Crippen LogP contribution is 2.33. The van der Waals surface area contributed by atoms with E-state index in [1.807, 2.05) is 30.7 Å². The van der Waals surface area contributed by atoms with Crippen LogP contribution in [0.4, 0.5) is 5.13 Å². The first kappa shape index (κ1) is 14.7. The van der Waals surface area contributed by atoms with Gasteiger partial charge in [-0.2, -0.15) is 0 Å². The zero-order valence-corrected chi connectivity index (χ0v) is 14.5. The van der Waals surface area contributed by atoms with Crippen LogP contribution in [0, 0.1) is 0 Å². The van der Waals surface area contributed by atoms with E-state index in [1.165, 1.54) is 10.4 Å². The third-order valence-corrected chi connectivity index (χ3v) is 5.95. The second-order valence-electron chi connectivity index (χ2n) is 6.39. The van der Waals surface area contributed by atoms with Crippen LogP contribution in [-0.2, 0) is 0 Å². The van der Waals surface area contributed by atoms with E-state index in [-0.39, 0.29) is 0 Å². The number of pyridine rings is 3. The SMILES string of the molecule is c1cnc2nc(C3CCN(c4nc5cnccc5s4)CC3)ccc2c1. The second kappa shape index (κ2) is 6.04. The van der Waals surface area contributed by atoms with Gasteiger partial charge in [-0.05, 0) is 43.2 Å². The van der Waals surface area contributed by atoms with E-state index in [1.54, 1.807) is 11.3 Å². The summed E-state index contributed by atoms with van der Waals surface area (Å²) in [4.78, 5) is 20.4. The zero-order chi connectivity index (χ0) is 16.6. The number of rotatable bonds is 2. The van der Waals surface area contributed by atoms with Gasteiger partial charge in [0.2, 0.25) is 0 Å². The molecule has 0 unspecified atom stereocenters. The van der Waals surface area contributed by atoms with Crippen molar-refractivity contribution in [1.29, 1.82) is 0 Å². The topological polar surface area (TPSA) is 54.8 Å². The van der Waals surface area contributed by atoms with Crippen molar-refractivity contribution < 1.29 is 0 Å². The lowest BCUT2D eigenvalue weighted by atomic mass is 9.93. The van der Waals surface area contributed by atoms with Crippen molar-refractivity contribution in [2.24, 2.45) is 0 Å². The molecule has 1 fully saturated rings. The molecule has 5 heterocycles. The molecular formula is C19H17N5S. The van der Waals surface area contributed by atoms with E-state index in [0.717, 1.165) is 47.6 Å². The summed E-state index contributed by atoms with van der Waals surface area (Å²) in [6, 6.07) is 10.3. The van der Waals surface area contributed by atoms with Gasteiger partial charge in [0.1, 0.15) is 5.52 Å². The van der Waals surface area contributed by atoms with Gasteiger partial charge in [-0.3, -0.25) is 4.98 Å². The maximum absolute atomic E-state index is 4.78. The van der Waals surface area contributed by atoms with E-state index in [9.17, 15) is 0 Å². The van der Waals surface area contributed by atoms with Crippen molar-refractivity contribution in [3.63, 3.8) is 0 Å². The third-order valence-electron chi connectivity index (χ3n) is 4.85. The largest absolute Gasteiger partial charge is 0.348 e. The summed E-state index contributed by atoms with van der Waals surface area (Å²) in [6.07, 6.45) is 7.67. The number of anilines is 1. The van der Waals surface area contributed by atoms with Gasteiger partial charge >= 0.3 is 0 Å². The van der Waals surface area contributed by atoms with Crippen LogP contribution in [-0.4, -0.2) is 33.0 Å². The quantitative estimate of drug-likeness (QED) is 0.548. The standard InChI is InChI=1S/C19H17N5S/c1-2-14-3-4-15(22-18(14)21-8-1)13-6-10-24(11-7-13)19-23-16-12-20-9-5-17(16)25-19/h1-5,8-9,12-13H,6-7,10-11H2. The summed E-state index contributed by atoms with van der Waals surface area (Å²) in [5.74, 6) is 0.499. The first-order valence-corrected chi connectivity index (χ1v) is 9.36. The molecule has 0 saturated carbocycles. The maximum atomic E-state index is 4.78. The average molecular weight is 347 g/mol. The number of hydrogen-bond donors (Lipinski definition) is 0. The number of thiazole rings is 1. The van der Waals surface area contributed by atoms with Gasteiger partial charge in [0.05, 0.1) is 10.9 Å². The van der Waals surface area contributed by atoms with E-state index in [4.69, 9.17) is 9.97 Å². The van der Waals surface area contributed by atoms with Crippen LogP contribution in [0.1, 0.15) is 24.5 Å². The Labute approximate surface area is 149 Å². The molecule has 1 aliphatic heterocycles. The average Bonchev–Trinajstić information content (AvgIpc) is 3.12. The fourth-order valence-electron chi connectivity index (χ4n) is 3.46. The molecule has 6 heteroatoms. The van der Waals surface area contributed by atoms with Crippen LogP contribution in [0.15, 0.2) is 48.9 Å². The molecule has 1 aliphatic rings. The summed E-state index contributed by atoms with van der Waals surface area (Å²) in [5, 5.41) is 2.21. The highest BCUT2D eigenvalue weighted by Gasteiger charge is 2.23. The monoisotopic (exact) mass is 347 g/mol. The lowest BCUT2D eigenvalue weighted by molar-refractivity contribution is 0.497. The molecule has 0 spiro atoms. The smallest absolute Gasteiger partial charge is 0.186 e. The molecule has 0 aliphatic carbocycles. The summed E-state index contributed by atoms with van der Waals surface area (Å²) in [5.41, 5.74) is 3.01. The Morgan fingerprint density at radius 1 is 1.00 bits per heavy atom. The Kier molecular flexibility index (Phi) is 3.56. The Morgan fingerprint density at radius 2 is 1.92 bits per heavy atom. The first-order valence-electron chi connectivity index (χ1n) is 8.54. The van der Waals surface area contributed by atoms with E-state index >= 15 is 0 Å². The lowest BCUT2D eigenvalue weighted by Gasteiger charge is -2.31. The molecule has 0 aromatic carbocycles. The molecule has 0 amide bonds. The van der Waals surface area contributed by atoms with Gasteiger partial charge in [0, 0.05) is 42.5 Å². The minimum absolute atomic E-state index is 0.499. The van der Waals surface area contributed by atoms with Gasteiger partial charge in [0.15, 0.2) is 10.8 Å². The van der Waals surface area contributed by atoms with Crippen molar-refractivity contribution >= 4 is 37.7 Å². The van der Waals surface area contributed by atoms with Crippen molar-refractivity contribution in [3.8, 4) is 0 Å². The van der Waals surface area contributed by atoms with Gasteiger partial charge in [-0.1, -0.05) is 11.3 Å². The summed E-state index contributed by atoms with van der Waals surface area (Å²) >= 11 is 1.75. The second-order valence-corrected chi connectivity index (χ2v) is 7.40. The Morgan fingerprint density at radius 3 is 2.80 bits per heavy atom. The molecule has 0 bridgehead atoms. The summed E-state index contributed by atoms with van der Waals surface area (Å²) < 4.78 is 1.20. The van der Waals surface area contributed by atoms with Gasteiger partial charge in [-0.15, -0.1) is 0 Å². The number of piperidine rings is 1. The highest BCUT2D eigenvalue weighted by molar-refractivity contribution is 7.22. The normalized spacial score (nSPS) is 15.9. The summed E-state index contributed by atoms with van der Waals surface area (Å²) in [7, 11) is 0. The molecule has 4 aromatic heterocycles. The Hall–Kier alpha value is -2.60. The number of fused-ring (bicyclic) bond motifs is 2. The number of aromatic nitrogens is 4. The van der Waals surface area contributed by atoms with Crippen molar-refractivity contribution in [1.82, 2.24) is 19.9 Å². The van der Waals surface area contributed by atoms with E-state index in [0.29, 0.717) is 5.92 Å². The molecular weight excluding hydrogens is 330 g/mol. The van der Waals surface area contributed by atoms with Crippen LogP contribution in [0.5, 0.6) is 0 Å². The van der Waals surface area contributed by atoms with Gasteiger partial charge < -0.3 is 4.90 Å². The molecule has 0 atom stereocenters. The molecule has 25 heavy (non-hydrogen) atoms. The Balaban J connectivity index is 1.34. The molecule has 4 aromatic rings. The van der Waals surface area contributed by atoms with Crippen molar-refractivity contribution in [2.75, 3.05) is 18.0 Å². The van der Waals surface area contributed by atoms with Crippen LogP contribution >= 0.6 is 11.3 Å². The van der Waals surface area contributed by atoms with Crippen molar-refractivity contribution in [2.45, 2.75) is 18.8 Å². The number of hydrogen-bond acceptors (Lipinski definition) is 6. The maximum Gasteiger partial charge on any atom is 0.186 e. The Bertz CT molecular complexity index is 1000. The van der Waals surface area contributed by atoms with Crippen LogP contribution in [0.25, 0.3) is 21.3 Å². The molecule has 5 rings (SSSR count). The fraction of sp³-hybridized carbons (Fsp3) is 0.263. The lowest BCUT2D eigenvalue weighted by Crippen LogP contribution is -2.33. The van der Waals surface area contributed by atoms with E-state index in [2.05, 4.69) is 33.1 Å². The van der Waals surface area contributed by atoms with E-state index < -0.39 is 0 Å². The first-order chi connectivity index (χ1) is 12.4. The minimum Gasteiger partial charge on any atom is -0.348 e. The number of nitrogens with zero attached hydrogens (tertiary/aromatic N) is 5. The van der Waals surface area contributed by atoms with Crippen LogP contribution in [0.2, 0.25) is 0 Å². The van der Waals surface area contributed by atoms with Gasteiger partial charge in [0.25, 0.3) is 0 Å². The van der Waals surface area contributed by atoms with Crippen LogP contribution < -0.4 is 4.90 Å². The minimum atomic E-state index is 0.499. The molecule has 1 saturated heterocycles. The predicted molar refractivity (Wildman–Crippen MR) is 101 cm³/mol. The molecule has 5 nitrogen and oxygen atoms in total. The third kappa shape index (κ3) is 2.72.